The van der Waals surface area contributed by atoms with E-state index in [-0.39, 0.29) is 36.0 Å². The van der Waals surface area contributed by atoms with Crippen molar-refractivity contribution >= 4 is 49.9 Å². The third-order valence-electron chi connectivity index (χ3n) is 7.05. The third-order valence-corrected chi connectivity index (χ3v) is 9.42. The maximum absolute atomic E-state index is 13.4. The number of benzene rings is 1. The number of ether oxygens (including phenoxy) is 1. The molecular weight excluding hydrogens is 597 g/mol. The summed E-state index contributed by atoms with van der Waals surface area (Å²) < 4.78 is 46.4. The number of thiazole rings is 1. The average Bonchev–Trinajstić information content (AvgIpc) is 3.48. The SMILES string of the molecule is CC.CCC(C)NCCC(=O)Nc1sc2c(c1-c1nc3cc(C(F)(F)F)ccc3s1)CC(C)N(C(=O)OC(C)(C)C)C2C. The normalized spacial score (nSPS) is 17.6. The number of carbonyl (C=O) groups excluding carboxylic acids is 2. The Morgan fingerprint density at radius 1 is 1.16 bits per heavy atom. The molecular formula is C31H43F3N4O3S2. The van der Waals surface area contributed by atoms with Gasteiger partial charge in [-0.1, -0.05) is 20.8 Å². The predicted molar refractivity (Wildman–Crippen MR) is 170 cm³/mol. The Hall–Kier alpha value is -2.70. The van der Waals surface area contributed by atoms with Gasteiger partial charge in [-0.2, -0.15) is 13.2 Å². The van der Waals surface area contributed by atoms with Crippen molar-refractivity contribution in [1.29, 1.82) is 0 Å². The van der Waals surface area contributed by atoms with E-state index in [4.69, 9.17) is 4.74 Å². The molecule has 2 aromatic heterocycles. The molecule has 2 amide bonds. The zero-order valence-electron chi connectivity index (χ0n) is 26.4. The molecule has 0 aliphatic carbocycles. The van der Waals surface area contributed by atoms with Gasteiger partial charge >= 0.3 is 12.3 Å². The number of fused-ring (bicyclic) bond motifs is 2. The minimum absolute atomic E-state index is 0.175. The molecule has 3 heterocycles. The molecule has 43 heavy (non-hydrogen) atoms. The van der Waals surface area contributed by atoms with Crippen molar-refractivity contribution in [3.63, 3.8) is 0 Å². The molecule has 0 radical (unpaired) electrons. The highest BCUT2D eigenvalue weighted by Crippen LogP contribution is 2.50. The first-order chi connectivity index (χ1) is 20.1. The van der Waals surface area contributed by atoms with Gasteiger partial charge in [-0.15, -0.1) is 22.7 Å². The van der Waals surface area contributed by atoms with Crippen LogP contribution in [-0.4, -0.2) is 46.1 Å². The maximum atomic E-state index is 13.4. The van der Waals surface area contributed by atoms with Crippen LogP contribution in [0.1, 0.15) is 97.2 Å². The summed E-state index contributed by atoms with van der Waals surface area (Å²) in [7, 11) is 0. The first-order valence-corrected chi connectivity index (χ1v) is 16.4. The number of nitrogens with zero attached hydrogens (tertiary/aromatic N) is 2. The van der Waals surface area contributed by atoms with Gasteiger partial charge < -0.3 is 15.4 Å². The van der Waals surface area contributed by atoms with Gasteiger partial charge in [0, 0.05) is 35.5 Å². The Morgan fingerprint density at radius 2 is 1.84 bits per heavy atom. The second kappa shape index (κ2) is 13.9. The molecule has 2 N–H and O–H groups in total. The lowest BCUT2D eigenvalue weighted by atomic mass is 9.93. The van der Waals surface area contributed by atoms with E-state index in [1.54, 1.807) is 4.90 Å². The highest BCUT2D eigenvalue weighted by molar-refractivity contribution is 7.23. The van der Waals surface area contributed by atoms with E-state index in [9.17, 15) is 22.8 Å². The van der Waals surface area contributed by atoms with E-state index in [2.05, 4.69) is 29.5 Å². The molecule has 4 rings (SSSR count). The van der Waals surface area contributed by atoms with Crippen molar-refractivity contribution in [2.24, 2.45) is 0 Å². The minimum atomic E-state index is -4.47. The van der Waals surface area contributed by atoms with Crippen LogP contribution in [0.15, 0.2) is 18.2 Å². The van der Waals surface area contributed by atoms with E-state index in [1.165, 1.54) is 28.7 Å². The molecule has 0 saturated carbocycles. The molecule has 1 aliphatic heterocycles. The number of aromatic nitrogens is 1. The second-order valence-electron chi connectivity index (χ2n) is 11.5. The summed E-state index contributed by atoms with van der Waals surface area (Å²) in [6.45, 7) is 18.0. The predicted octanol–water partition coefficient (Wildman–Crippen LogP) is 9.03. The molecule has 7 nitrogen and oxygen atoms in total. The molecule has 3 unspecified atom stereocenters. The molecule has 0 bridgehead atoms. The quantitative estimate of drug-likeness (QED) is 0.269. The number of hydrogen-bond donors (Lipinski definition) is 2. The highest BCUT2D eigenvalue weighted by atomic mass is 32.1. The lowest BCUT2D eigenvalue weighted by Gasteiger charge is -2.39. The summed E-state index contributed by atoms with van der Waals surface area (Å²) in [4.78, 5) is 33.4. The summed E-state index contributed by atoms with van der Waals surface area (Å²) in [5.74, 6) is -0.175. The van der Waals surface area contributed by atoms with Gasteiger partial charge in [-0.3, -0.25) is 9.69 Å². The summed E-state index contributed by atoms with van der Waals surface area (Å²) >= 11 is 2.67. The lowest BCUT2D eigenvalue weighted by molar-refractivity contribution is -0.137. The van der Waals surface area contributed by atoms with Crippen molar-refractivity contribution in [3.05, 3.63) is 34.2 Å². The zero-order chi connectivity index (χ0) is 32.3. The Labute approximate surface area is 260 Å². The van der Waals surface area contributed by atoms with Crippen LogP contribution in [0, 0.1) is 0 Å². The van der Waals surface area contributed by atoms with E-state index >= 15 is 0 Å². The van der Waals surface area contributed by atoms with Gasteiger partial charge in [0.1, 0.15) is 15.6 Å². The van der Waals surface area contributed by atoms with Crippen LogP contribution in [0.5, 0.6) is 0 Å². The number of alkyl halides is 3. The smallest absolute Gasteiger partial charge is 0.416 e. The summed E-state index contributed by atoms with van der Waals surface area (Å²) in [5, 5.41) is 7.48. The molecule has 238 valence electrons. The van der Waals surface area contributed by atoms with E-state index < -0.39 is 23.4 Å². The number of amides is 2. The fraction of sp³-hybridized carbons (Fsp3) is 0.581. The number of thiophene rings is 1. The summed E-state index contributed by atoms with van der Waals surface area (Å²) in [6, 6.07) is 3.29. The average molecular weight is 641 g/mol. The topological polar surface area (TPSA) is 83.6 Å². The number of carbonyl (C=O) groups is 2. The first-order valence-electron chi connectivity index (χ1n) is 14.8. The van der Waals surface area contributed by atoms with Crippen molar-refractivity contribution < 1.29 is 27.5 Å². The van der Waals surface area contributed by atoms with Crippen molar-refractivity contribution in [3.8, 4) is 10.6 Å². The molecule has 1 aromatic carbocycles. The van der Waals surface area contributed by atoms with E-state index in [1.807, 2.05) is 48.5 Å². The second-order valence-corrected chi connectivity index (χ2v) is 13.6. The number of nitrogens with one attached hydrogen (secondary N) is 2. The van der Waals surface area contributed by atoms with Crippen molar-refractivity contribution in [2.75, 3.05) is 11.9 Å². The Kier molecular flexibility index (Phi) is 11.3. The van der Waals surface area contributed by atoms with Gasteiger partial charge in [0.05, 0.1) is 21.8 Å². The number of anilines is 1. The zero-order valence-corrected chi connectivity index (χ0v) is 28.0. The first kappa shape index (κ1) is 34.8. The van der Waals surface area contributed by atoms with Crippen LogP contribution in [0.2, 0.25) is 0 Å². The van der Waals surface area contributed by atoms with Crippen molar-refractivity contribution in [2.45, 2.75) is 111 Å². The fourth-order valence-corrected chi connectivity index (χ4v) is 7.26. The van der Waals surface area contributed by atoms with Crippen LogP contribution < -0.4 is 10.6 Å². The van der Waals surface area contributed by atoms with Gasteiger partial charge in [0.2, 0.25) is 5.91 Å². The molecule has 0 fully saturated rings. The summed E-state index contributed by atoms with van der Waals surface area (Å²) in [6.07, 6.45) is -3.20. The molecule has 0 spiro atoms. The monoisotopic (exact) mass is 640 g/mol. The van der Waals surface area contributed by atoms with E-state index in [0.717, 1.165) is 29.0 Å². The Morgan fingerprint density at radius 3 is 2.44 bits per heavy atom. The number of halogens is 3. The number of rotatable bonds is 7. The molecule has 1 aliphatic rings. The van der Waals surface area contributed by atoms with Gasteiger partial charge in [0.25, 0.3) is 0 Å². The van der Waals surface area contributed by atoms with Crippen LogP contribution in [0.25, 0.3) is 20.8 Å². The van der Waals surface area contributed by atoms with Crippen molar-refractivity contribution in [1.82, 2.24) is 15.2 Å². The third kappa shape index (κ3) is 8.27. The molecule has 3 aromatic rings. The molecule has 12 heteroatoms. The minimum Gasteiger partial charge on any atom is -0.444 e. The fourth-order valence-electron chi connectivity index (χ4n) is 4.87. The van der Waals surface area contributed by atoms with Crippen LogP contribution in [0.4, 0.5) is 23.0 Å². The number of hydrogen-bond acceptors (Lipinski definition) is 7. The molecule has 3 atom stereocenters. The van der Waals surface area contributed by atoms with Gasteiger partial charge in [0.15, 0.2) is 0 Å². The van der Waals surface area contributed by atoms with Gasteiger partial charge in [-0.05, 0) is 78.1 Å². The van der Waals surface area contributed by atoms with Crippen LogP contribution in [0.3, 0.4) is 0 Å². The summed E-state index contributed by atoms with van der Waals surface area (Å²) in [5.41, 5.74) is 0.494. The maximum Gasteiger partial charge on any atom is 0.416 e. The van der Waals surface area contributed by atoms with Crippen LogP contribution in [-0.2, 0) is 22.1 Å². The largest absolute Gasteiger partial charge is 0.444 e. The van der Waals surface area contributed by atoms with Gasteiger partial charge in [-0.25, -0.2) is 9.78 Å². The standard InChI is InChI=1S/C29H37F3N4O3S2.C2H6/c1-8-15(2)33-12-11-22(37)35-26-23(25-34-20-14-18(29(30,31)32)9-10-21(20)40-25)19-13-16(3)36(17(4)24(19)41-26)27(38)39-28(5,6)7;1-2/h9-10,14-17,33H,8,11-13H2,1-7H3,(H,35,37);1-2H3. The Balaban J connectivity index is 0.00000248. The highest BCUT2D eigenvalue weighted by Gasteiger charge is 2.40. The lowest BCUT2D eigenvalue weighted by Crippen LogP contribution is -2.46. The van der Waals surface area contributed by atoms with Crippen LogP contribution >= 0.6 is 22.7 Å². The van der Waals surface area contributed by atoms with E-state index in [0.29, 0.717) is 33.2 Å². The molecule has 0 saturated heterocycles. The Bertz CT molecular complexity index is 1430.